The van der Waals surface area contributed by atoms with Crippen molar-refractivity contribution in [2.24, 2.45) is 0 Å². The van der Waals surface area contributed by atoms with Gasteiger partial charge in [-0.15, -0.1) is 0 Å². The van der Waals surface area contributed by atoms with Crippen LogP contribution in [0.2, 0.25) is 0 Å². The summed E-state index contributed by atoms with van der Waals surface area (Å²) >= 11 is 0. The van der Waals surface area contributed by atoms with Crippen molar-refractivity contribution in [2.75, 3.05) is 33.8 Å². The zero-order valence-corrected chi connectivity index (χ0v) is 18.3. The van der Waals surface area contributed by atoms with Gasteiger partial charge in [0.2, 0.25) is 0 Å². The van der Waals surface area contributed by atoms with Crippen LogP contribution in [-0.4, -0.2) is 38.3 Å². The normalized spacial score (nSPS) is 11.2. The molecule has 0 amide bonds. The molecular formula is C23H42ClNO. The van der Waals surface area contributed by atoms with Crippen molar-refractivity contribution in [1.29, 1.82) is 0 Å². The van der Waals surface area contributed by atoms with Crippen molar-refractivity contribution in [3.05, 3.63) is 30.3 Å². The third kappa shape index (κ3) is 14.4. The van der Waals surface area contributed by atoms with Crippen molar-refractivity contribution >= 4 is 0 Å². The van der Waals surface area contributed by atoms with Crippen LogP contribution in [0.4, 0.5) is 0 Å². The summed E-state index contributed by atoms with van der Waals surface area (Å²) in [5.41, 5.74) is 0. The zero-order chi connectivity index (χ0) is 18.2. The van der Waals surface area contributed by atoms with E-state index in [9.17, 15) is 0 Å². The zero-order valence-electron chi connectivity index (χ0n) is 17.5. The number of nitrogens with zero attached hydrogens (tertiary/aromatic N) is 1. The molecule has 0 fully saturated rings. The van der Waals surface area contributed by atoms with E-state index >= 15 is 0 Å². The Balaban J connectivity index is 0.00000625. The van der Waals surface area contributed by atoms with E-state index in [-0.39, 0.29) is 12.4 Å². The quantitative estimate of drug-likeness (QED) is 0.314. The monoisotopic (exact) mass is 383 g/mol. The van der Waals surface area contributed by atoms with Gasteiger partial charge >= 0.3 is 0 Å². The number of para-hydroxylation sites is 1. The van der Waals surface area contributed by atoms with Gasteiger partial charge in [0.1, 0.15) is 18.9 Å². The molecule has 0 aliphatic rings. The molecule has 1 rings (SSSR count). The molecule has 0 radical (unpaired) electrons. The number of likely N-dealkylation sites (N-methyl/N-ethyl adjacent to an activating group) is 1. The Morgan fingerprint density at radius 3 is 1.73 bits per heavy atom. The maximum Gasteiger partial charge on any atom is 0.137 e. The molecule has 0 unspecified atom stereocenters. The van der Waals surface area contributed by atoms with Crippen molar-refractivity contribution in [2.45, 2.75) is 77.6 Å². The Labute approximate surface area is 169 Å². The highest BCUT2D eigenvalue weighted by molar-refractivity contribution is 5.20. The highest BCUT2D eigenvalue weighted by Gasteiger charge is 2.14. The molecule has 0 spiro atoms. The van der Waals surface area contributed by atoms with Crippen molar-refractivity contribution in [1.82, 2.24) is 0 Å². The number of halogens is 1. The molecule has 2 nitrogen and oxygen atoms in total. The van der Waals surface area contributed by atoms with E-state index in [1.807, 2.05) is 30.3 Å². The largest absolute Gasteiger partial charge is 1.00 e. The molecule has 0 heterocycles. The van der Waals surface area contributed by atoms with Crippen LogP contribution in [0.5, 0.6) is 5.75 Å². The first-order valence-electron chi connectivity index (χ1n) is 10.6. The van der Waals surface area contributed by atoms with E-state index in [1.54, 1.807) is 0 Å². The van der Waals surface area contributed by atoms with Crippen LogP contribution in [0, 0.1) is 0 Å². The summed E-state index contributed by atoms with van der Waals surface area (Å²) in [5.74, 6) is 0.984. The van der Waals surface area contributed by atoms with Crippen LogP contribution >= 0.6 is 0 Å². The molecule has 0 aliphatic heterocycles. The van der Waals surface area contributed by atoms with Crippen LogP contribution in [0.25, 0.3) is 0 Å². The molecule has 1 aromatic rings. The fourth-order valence-corrected chi connectivity index (χ4v) is 3.24. The number of benzene rings is 1. The lowest BCUT2D eigenvalue weighted by atomic mass is 10.1. The first kappa shape index (κ1) is 25.3. The van der Waals surface area contributed by atoms with Gasteiger partial charge in [-0.3, -0.25) is 0 Å². The smallest absolute Gasteiger partial charge is 0.137 e. The minimum atomic E-state index is 0. The van der Waals surface area contributed by atoms with E-state index in [0.29, 0.717) is 0 Å². The average Bonchev–Trinajstić information content (AvgIpc) is 2.60. The summed E-state index contributed by atoms with van der Waals surface area (Å²) < 4.78 is 6.89. The Morgan fingerprint density at radius 1 is 0.692 bits per heavy atom. The van der Waals surface area contributed by atoms with Gasteiger partial charge in [-0.1, -0.05) is 82.9 Å². The SMILES string of the molecule is CCCCCCCCCCCCC[N+](C)(C)CCOc1ccccc1.[Cl-]. The van der Waals surface area contributed by atoms with Crippen LogP contribution in [0.3, 0.4) is 0 Å². The fraction of sp³-hybridized carbons (Fsp3) is 0.739. The molecular weight excluding hydrogens is 342 g/mol. The summed E-state index contributed by atoms with van der Waals surface area (Å²) in [7, 11) is 4.65. The van der Waals surface area contributed by atoms with Crippen LogP contribution in [-0.2, 0) is 0 Å². The molecule has 0 aliphatic carbocycles. The van der Waals surface area contributed by atoms with Gasteiger partial charge in [0.05, 0.1) is 20.6 Å². The summed E-state index contributed by atoms with van der Waals surface area (Å²) in [6, 6.07) is 10.1. The number of unbranched alkanes of at least 4 members (excludes halogenated alkanes) is 10. The number of hydrogen-bond donors (Lipinski definition) is 0. The van der Waals surface area contributed by atoms with Gasteiger partial charge in [-0.25, -0.2) is 0 Å². The van der Waals surface area contributed by atoms with Gasteiger partial charge in [-0.05, 0) is 25.0 Å². The molecule has 1 aromatic carbocycles. The first-order chi connectivity index (χ1) is 12.1. The third-order valence-corrected chi connectivity index (χ3v) is 5.08. The molecule has 0 saturated heterocycles. The Hall–Kier alpha value is -0.730. The summed E-state index contributed by atoms with van der Waals surface area (Å²) in [4.78, 5) is 0. The highest BCUT2D eigenvalue weighted by Crippen LogP contribution is 2.13. The molecule has 0 atom stereocenters. The minimum absolute atomic E-state index is 0. The topological polar surface area (TPSA) is 9.23 Å². The van der Waals surface area contributed by atoms with Crippen LogP contribution in [0.1, 0.15) is 77.6 Å². The van der Waals surface area contributed by atoms with Crippen molar-refractivity contribution in [3.63, 3.8) is 0 Å². The molecule has 0 saturated carbocycles. The van der Waals surface area contributed by atoms with Crippen molar-refractivity contribution in [3.8, 4) is 5.75 Å². The first-order valence-corrected chi connectivity index (χ1v) is 10.6. The third-order valence-electron chi connectivity index (χ3n) is 5.08. The molecule has 152 valence electrons. The van der Waals surface area contributed by atoms with E-state index in [1.165, 1.54) is 77.2 Å². The van der Waals surface area contributed by atoms with E-state index in [2.05, 4.69) is 21.0 Å². The van der Waals surface area contributed by atoms with E-state index < -0.39 is 0 Å². The molecule has 0 aromatic heterocycles. The van der Waals surface area contributed by atoms with Gasteiger partial charge in [0, 0.05) is 0 Å². The second-order valence-electron chi connectivity index (χ2n) is 8.08. The van der Waals surface area contributed by atoms with Gasteiger partial charge in [0.25, 0.3) is 0 Å². The summed E-state index contributed by atoms with van der Waals surface area (Å²) in [6.07, 6.45) is 15.6. The Bertz CT molecular complexity index is 408. The standard InChI is InChI=1S/C23H42NO.ClH/c1-4-5-6-7-8-9-10-11-12-13-17-20-24(2,3)21-22-25-23-18-15-14-16-19-23;/h14-16,18-19H,4-13,17,20-22H2,1-3H3;1H/q+1;/p-1. The maximum atomic E-state index is 5.83. The average molecular weight is 384 g/mol. The number of quaternary nitrogens is 1. The molecule has 0 N–H and O–H groups in total. The van der Waals surface area contributed by atoms with E-state index in [4.69, 9.17) is 4.74 Å². The maximum absolute atomic E-state index is 5.83. The van der Waals surface area contributed by atoms with Gasteiger partial charge in [-0.2, -0.15) is 0 Å². The Kier molecular flexibility index (Phi) is 16.0. The molecule has 3 heteroatoms. The van der Waals surface area contributed by atoms with Crippen molar-refractivity contribution < 1.29 is 21.6 Å². The van der Waals surface area contributed by atoms with Crippen LogP contribution < -0.4 is 17.1 Å². The summed E-state index contributed by atoms with van der Waals surface area (Å²) in [5, 5.41) is 0. The van der Waals surface area contributed by atoms with Crippen LogP contribution in [0.15, 0.2) is 30.3 Å². The second-order valence-corrected chi connectivity index (χ2v) is 8.08. The molecule has 0 bridgehead atoms. The highest BCUT2D eigenvalue weighted by atomic mass is 35.5. The lowest BCUT2D eigenvalue weighted by Gasteiger charge is -2.29. The predicted molar refractivity (Wildman–Crippen MR) is 110 cm³/mol. The Morgan fingerprint density at radius 2 is 1.19 bits per heavy atom. The number of rotatable bonds is 16. The summed E-state index contributed by atoms with van der Waals surface area (Å²) in [6.45, 7) is 5.42. The lowest BCUT2D eigenvalue weighted by molar-refractivity contribution is -0.890. The molecule has 26 heavy (non-hydrogen) atoms. The number of ether oxygens (including phenoxy) is 1. The lowest BCUT2D eigenvalue weighted by Crippen LogP contribution is -3.00. The predicted octanol–water partition coefficient (Wildman–Crippen LogP) is 3.46. The number of hydrogen-bond acceptors (Lipinski definition) is 1. The van der Waals surface area contributed by atoms with Gasteiger partial charge in [0.15, 0.2) is 0 Å². The van der Waals surface area contributed by atoms with Gasteiger partial charge < -0.3 is 21.6 Å². The minimum Gasteiger partial charge on any atom is -1.00 e. The fourth-order valence-electron chi connectivity index (χ4n) is 3.24. The van der Waals surface area contributed by atoms with E-state index in [0.717, 1.165) is 23.4 Å². The second kappa shape index (κ2) is 16.4.